The summed E-state index contributed by atoms with van der Waals surface area (Å²) in [4.78, 5) is 31.5. The van der Waals surface area contributed by atoms with Gasteiger partial charge in [0, 0.05) is 44.1 Å². The lowest BCUT2D eigenvalue weighted by Gasteiger charge is -2.56. The molecule has 6 aliphatic rings. The third kappa shape index (κ3) is 3.11. The van der Waals surface area contributed by atoms with E-state index in [1.165, 1.54) is 19.3 Å². The molecule has 3 heterocycles. The Labute approximate surface area is 202 Å². The number of piperidine rings is 1. The number of nitrogens with zero attached hydrogens (tertiary/aromatic N) is 3. The molecule has 0 atom stereocenters. The van der Waals surface area contributed by atoms with Crippen LogP contribution in [0, 0.1) is 28.6 Å². The van der Waals surface area contributed by atoms with E-state index in [4.69, 9.17) is 0 Å². The first-order chi connectivity index (χ1) is 16.4. The predicted molar refractivity (Wildman–Crippen MR) is 132 cm³/mol. The molecule has 0 unspecified atom stereocenters. The molecule has 5 nitrogen and oxygen atoms in total. The Morgan fingerprint density at radius 3 is 2.06 bits per heavy atom. The third-order valence-electron chi connectivity index (χ3n) is 10.5. The Balaban J connectivity index is 1.02. The van der Waals surface area contributed by atoms with Gasteiger partial charge < -0.3 is 14.4 Å². The van der Waals surface area contributed by atoms with Crippen LogP contribution >= 0.6 is 0 Å². The van der Waals surface area contributed by atoms with Crippen molar-refractivity contribution in [3.63, 3.8) is 0 Å². The summed E-state index contributed by atoms with van der Waals surface area (Å²) in [5.41, 5.74) is 2.08. The monoisotopic (exact) mass is 459 g/mol. The van der Waals surface area contributed by atoms with Crippen LogP contribution in [0.4, 0.5) is 0 Å². The molecule has 1 aromatic carbocycles. The molecule has 1 spiro atoms. The molecule has 5 heteroatoms. The van der Waals surface area contributed by atoms with E-state index in [-0.39, 0.29) is 16.7 Å². The van der Waals surface area contributed by atoms with Crippen LogP contribution in [0.2, 0.25) is 0 Å². The van der Waals surface area contributed by atoms with Crippen LogP contribution in [0.1, 0.15) is 68.3 Å². The summed E-state index contributed by atoms with van der Waals surface area (Å²) in [6.07, 6.45) is 10.8. The highest BCUT2D eigenvalue weighted by Crippen LogP contribution is 2.61. The quantitative estimate of drug-likeness (QED) is 0.645. The molecule has 8 rings (SSSR count). The van der Waals surface area contributed by atoms with Crippen LogP contribution in [-0.2, 0) is 11.8 Å². The highest BCUT2D eigenvalue weighted by molar-refractivity contribution is 5.98. The van der Waals surface area contributed by atoms with Crippen molar-refractivity contribution in [2.75, 3.05) is 26.2 Å². The van der Waals surface area contributed by atoms with Crippen molar-refractivity contribution in [3.8, 4) is 0 Å². The second kappa shape index (κ2) is 7.35. The second-order valence-corrected chi connectivity index (χ2v) is 12.6. The number of carbonyl (C=O) groups excluding carboxylic acids is 2. The molecule has 0 radical (unpaired) electrons. The third-order valence-corrected chi connectivity index (χ3v) is 10.5. The van der Waals surface area contributed by atoms with E-state index in [0.29, 0.717) is 5.91 Å². The number of benzene rings is 1. The number of aryl methyl sites for hydroxylation is 1. The molecule has 1 aromatic heterocycles. The first-order valence-corrected chi connectivity index (χ1v) is 13.6. The lowest BCUT2D eigenvalue weighted by atomic mass is 9.49. The smallest absolute Gasteiger partial charge is 0.270 e. The summed E-state index contributed by atoms with van der Waals surface area (Å²) >= 11 is 0. The fourth-order valence-electron chi connectivity index (χ4n) is 9.06. The summed E-state index contributed by atoms with van der Waals surface area (Å²) in [5, 5.41) is 1.12. The zero-order valence-corrected chi connectivity index (χ0v) is 20.5. The van der Waals surface area contributed by atoms with E-state index in [9.17, 15) is 9.59 Å². The van der Waals surface area contributed by atoms with E-state index < -0.39 is 0 Å². The molecule has 2 saturated heterocycles. The summed E-state index contributed by atoms with van der Waals surface area (Å²) < 4.78 is 2.03. The number of rotatable bonds is 2. The number of para-hydroxylation sites is 1. The number of fused-ring (bicyclic) bond motifs is 1. The zero-order valence-electron chi connectivity index (χ0n) is 20.5. The SMILES string of the molecule is Cn1c(C(=O)N2CCC3(CC2)CCN(C(=O)C24CC5CC(CC(C5)C2)C4)C3)cc2ccccc21. The molecule has 0 N–H and O–H groups in total. The molecular weight excluding hydrogens is 422 g/mol. The maximum atomic E-state index is 13.9. The highest BCUT2D eigenvalue weighted by Gasteiger charge is 2.57. The van der Waals surface area contributed by atoms with Gasteiger partial charge in [-0.1, -0.05) is 18.2 Å². The van der Waals surface area contributed by atoms with Crippen LogP contribution in [-0.4, -0.2) is 52.4 Å². The molecule has 180 valence electrons. The number of hydrogen-bond acceptors (Lipinski definition) is 2. The molecule has 2 aromatic rings. The van der Waals surface area contributed by atoms with Crippen molar-refractivity contribution in [2.45, 2.75) is 57.8 Å². The minimum atomic E-state index is -0.0223. The number of aromatic nitrogens is 1. The molecule has 4 aliphatic carbocycles. The first-order valence-electron chi connectivity index (χ1n) is 13.6. The van der Waals surface area contributed by atoms with Crippen LogP contribution in [0.3, 0.4) is 0 Å². The van der Waals surface area contributed by atoms with Crippen LogP contribution < -0.4 is 0 Å². The lowest BCUT2D eigenvalue weighted by Crippen LogP contribution is -2.54. The van der Waals surface area contributed by atoms with Crippen LogP contribution in [0.25, 0.3) is 10.9 Å². The van der Waals surface area contributed by atoms with Gasteiger partial charge in [-0.25, -0.2) is 0 Å². The van der Waals surface area contributed by atoms with Gasteiger partial charge in [0.1, 0.15) is 5.69 Å². The van der Waals surface area contributed by atoms with Crippen molar-refractivity contribution in [2.24, 2.45) is 35.6 Å². The Bertz CT molecular complexity index is 1120. The molecule has 6 fully saturated rings. The van der Waals surface area contributed by atoms with Crippen LogP contribution in [0.15, 0.2) is 30.3 Å². The minimum absolute atomic E-state index is 0.0223. The van der Waals surface area contributed by atoms with Gasteiger partial charge in [-0.2, -0.15) is 0 Å². The van der Waals surface area contributed by atoms with Gasteiger partial charge in [-0.05, 0) is 93.1 Å². The van der Waals surface area contributed by atoms with Gasteiger partial charge in [0.25, 0.3) is 5.91 Å². The van der Waals surface area contributed by atoms with E-state index in [2.05, 4.69) is 17.0 Å². The van der Waals surface area contributed by atoms with Gasteiger partial charge in [0.15, 0.2) is 0 Å². The van der Waals surface area contributed by atoms with Crippen molar-refractivity contribution < 1.29 is 9.59 Å². The Morgan fingerprint density at radius 1 is 0.853 bits per heavy atom. The molecule has 4 bridgehead atoms. The van der Waals surface area contributed by atoms with Crippen molar-refractivity contribution in [3.05, 3.63) is 36.0 Å². The number of likely N-dealkylation sites (tertiary alicyclic amines) is 2. The van der Waals surface area contributed by atoms with Gasteiger partial charge in [0.05, 0.1) is 5.41 Å². The van der Waals surface area contributed by atoms with Crippen LogP contribution in [0.5, 0.6) is 0 Å². The van der Waals surface area contributed by atoms with Gasteiger partial charge >= 0.3 is 0 Å². The molecule has 4 saturated carbocycles. The summed E-state index contributed by atoms with van der Waals surface area (Å²) in [6, 6.07) is 10.2. The van der Waals surface area contributed by atoms with Crippen molar-refractivity contribution >= 4 is 22.7 Å². The maximum absolute atomic E-state index is 13.9. The van der Waals surface area contributed by atoms with Gasteiger partial charge in [0.2, 0.25) is 5.91 Å². The largest absolute Gasteiger partial charge is 0.342 e. The average Bonchev–Trinajstić information content (AvgIpc) is 3.39. The van der Waals surface area contributed by atoms with E-state index in [1.54, 1.807) is 0 Å². The fourth-order valence-corrected chi connectivity index (χ4v) is 9.06. The summed E-state index contributed by atoms with van der Waals surface area (Å²) in [5.74, 6) is 3.09. The maximum Gasteiger partial charge on any atom is 0.270 e. The van der Waals surface area contributed by atoms with E-state index in [1.807, 2.05) is 34.7 Å². The normalized spacial score (nSPS) is 33.9. The van der Waals surface area contributed by atoms with E-state index >= 15 is 0 Å². The van der Waals surface area contributed by atoms with Crippen molar-refractivity contribution in [1.29, 1.82) is 0 Å². The van der Waals surface area contributed by atoms with Crippen molar-refractivity contribution in [1.82, 2.24) is 14.4 Å². The predicted octanol–water partition coefficient (Wildman–Crippen LogP) is 4.85. The zero-order chi connectivity index (χ0) is 23.1. The number of carbonyl (C=O) groups is 2. The average molecular weight is 460 g/mol. The Hall–Kier alpha value is -2.30. The fraction of sp³-hybridized carbons (Fsp3) is 0.655. The van der Waals surface area contributed by atoms with Gasteiger partial charge in [-0.3, -0.25) is 9.59 Å². The Morgan fingerprint density at radius 2 is 1.44 bits per heavy atom. The lowest BCUT2D eigenvalue weighted by molar-refractivity contribution is -0.157. The minimum Gasteiger partial charge on any atom is -0.342 e. The summed E-state index contributed by atoms with van der Waals surface area (Å²) in [6.45, 7) is 3.46. The molecule has 2 aliphatic heterocycles. The standard InChI is InChI=1S/C29H37N3O2/c1-30-24-5-3-2-4-23(24)15-25(30)26(33)31-9-6-28(7-10-31)8-11-32(19-28)27(34)29-16-20-12-21(17-29)14-22(13-20)18-29/h2-5,15,20-22H,6-14,16-19H2,1H3. The molecular formula is C29H37N3O2. The molecule has 34 heavy (non-hydrogen) atoms. The second-order valence-electron chi connectivity index (χ2n) is 12.6. The Kier molecular flexibility index (Phi) is 4.54. The summed E-state index contributed by atoms with van der Waals surface area (Å²) in [7, 11) is 1.99. The van der Waals surface area contributed by atoms with E-state index in [0.717, 1.165) is 99.1 Å². The first kappa shape index (κ1) is 21.0. The molecule has 2 amide bonds. The number of hydrogen-bond donors (Lipinski definition) is 0. The van der Waals surface area contributed by atoms with Gasteiger partial charge in [-0.15, -0.1) is 0 Å². The topological polar surface area (TPSA) is 45.6 Å². The number of amides is 2. The highest BCUT2D eigenvalue weighted by atomic mass is 16.2.